The second kappa shape index (κ2) is 8.31. The molecule has 1 aliphatic rings. The highest BCUT2D eigenvalue weighted by molar-refractivity contribution is 5.82. The van der Waals surface area contributed by atoms with Gasteiger partial charge in [-0.3, -0.25) is 9.69 Å². The van der Waals surface area contributed by atoms with Crippen LogP contribution in [0.2, 0.25) is 0 Å². The highest BCUT2D eigenvalue weighted by Crippen LogP contribution is 2.21. The summed E-state index contributed by atoms with van der Waals surface area (Å²) in [4.78, 5) is 18.8. The average molecular weight is 399 g/mol. The lowest BCUT2D eigenvalue weighted by Crippen LogP contribution is -2.50. The SMILES string of the molecule is O=c1[nH]c(CCC(O)N2CCN(c3ccccc3F)CC2)cc2cccc(F)c12. The van der Waals surface area contributed by atoms with Crippen molar-refractivity contribution >= 4 is 16.5 Å². The van der Waals surface area contributed by atoms with Crippen molar-refractivity contribution < 1.29 is 13.9 Å². The van der Waals surface area contributed by atoms with Crippen molar-refractivity contribution in [1.82, 2.24) is 9.88 Å². The number of fused-ring (bicyclic) bond motifs is 1. The van der Waals surface area contributed by atoms with Gasteiger partial charge in [0, 0.05) is 31.9 Å². The van der Waals surface area contributed by atoms with Gasteiger partial charge in [0.15, 0.2) is 0 Å². The van der Waals surface area contributed by atoms with Crippen molar-refractivity contribution in [3.05, 3.63) is 76.2 Å². The molecule has 1 fully saturated rings. The summed E-state index contributed by atoms with van der Waals surface area (Å²) in [6, 6.07) is 13.0. The molecule has 2 aromatic carbocycles. The van der Waals surface area contributed by atoms with Crippen LogP contribution in [0.4, 0.5) is 14.5 Å². The average Bonchev–Trinajstić information content (AvgIpc) is 2.72. The number of aliphatic hydroxyl groups is 1. The second-order valence-corrected chi connectivity index (χ2v) is 7.32. The monoisotopic (exact) mass is 399 g/mol. The molecule has 1 atom stereocenters. The van der Waals surface area contributed by atoms with Gasteiger partial charge in [-0.15, -0.1) is 0 Å². The van der Waals surface area contributed by atoms with Gasteiger partial charge in [-0.2, -0.15) is 0 Å². The normalized spacial score (nSPS) is 16.3. The van der Waals surface area contributed by atoms with Crippen molar-refractivity contribution in [2.75, 3.05) is 31.1 Å². The summed E-state index contributed by atoms with van der Waals surface area (Å²) in [5.74, 6) is -0.777. The molecule has 0 radical (unpaired) electrons. The third-order valence-corrected chi connectivity index (χ3v) is 5.48. The Labute approximate surface area is 167 Å². The molecule has 29 heavy (non-hydrogen) atoms. The Morgan fingerprint density at radius 1 is 1.00 bits per heavy atom. The predicted octanol–water partition coefficient (Wildman–Crippen LogP) is 2.88. The van der Waals surface area contributed by atoms with Crippen LogP contribution in [0.5, 0.6) is 0 Å². The van der Waals surface area contributed by atoms with Gasteiger partial charge in [-0.05, 0) is 42.5 Å². The largest absolute Gasteiger partial charge is 0.378 e. The van der Waals surface area contributed by atoms with E-state index >= 15 is 0 Å². The minimum Gasteiger partial charge on any atom is -0.378 e. The Morgan fingerprint density at radius 3 is 2.48 bits per heavy atom. The molecule has 1 saturated heterocycles. The number of anilines is 1. The first-order valence-corrected chi connectivity index (χ1v) is 9.75. The maximum atomic E-state index is 13.9. The van der Waals surface area contributed by atoms with E-state index in [0.717, 1.165) is 0 Å². The molecule has 7 heteroatoms. The molecule has 4 rings (SSSR count). The van der Waals surface area contributed by atoms with Gasteiger partial charge >= 0.3 is 0 Å². The van der Waals surface area contributed by atoms with E-state index in [-0.39, 0.29) is 11.2 Å². The number of aliphatic hydroxyl groups excluding tert-OH is 1. The first-order valence-electron chi connectivity index (χ1n) is 9.75. The second-order valence-electron chi connectivity index (χ2n) is 7.32. The fourth-order valence-corrected chi connectivity index (χ4v) is 3.90. The molecule has 0 saturated carbocycles. The first-order chi connectivity index (χ1) is 14.0. The van der Waals surface area contributed by atoms with Gasteiger partial charge in [0.1, 0.15) is 17.9 Å². The van der Waals surface area contributed by atoms with Gasteiger partial charge in [-0.1, -0.05) is 24.3 Å². The number of aromatic nitrogens is 1. The summed E-state index contributed by atoms with van der Waals surface area (Å²) in [6.07, 6.45) is 0.247. The summed E-state index contributed by atoms with van der Waals surface area (Å²) >= 11 is 0. The highest BCUT2D eigenvalue weighted by Gasteiger charge is 2.23. The number of hydrogen-bond acceptors (Lipinski definition) is 4. The molecular formula is C22H23F2N3O2. The van der Waals surface area contributed by atoms with Crippen LogP contribution in [-0.4, -0.2) is 47.4 Å². The Kier molecular flexibility index (Phi) is 5.60. The summed E-state index contributed by atoms with van der Waals surface area (Å²) in [5.41, 5.74) is 0.795. The molecule has 2 heterocycles. The number of aryl methyl sites for hydroxylation is 1. The van der Waals surface area contributed by atoms with Crippen LogP contribution in [0.1, 0.15) is 12.1 Å². The zero-order chi connectivity index (χ0) is 20.4. The zero-order valence-corrected chi connectivity index (χ0v) is 15.9. The Bertz CT molecular complexity index is 1060. The molecule has 0 amide bonds. The number of rotatable bonds is 5. The molecular weight excluding hydrogens is 376 g/mol. The van der Waals surface area contributed by atoms with Gasteiger partial charge < -0.3 is 15.0 Å². The summed E-state index contributed by atoms with van der Waals surface area (Å²) < 4.78 is 27.8. The zero-order valence-electron chi connectivity index (χ0n) is 15.9. The topological polar surface area (TPSA) is 59.6 Å². The lowest BCUT2D eigenvalue weighted by molar-refractivity contribution is -0.00538. The molecule has 1 aliphatic heterocycles. The molecule has 5 nitrogen and oxygen atoms in total. The minimum absolute atomic E-state index is 0.0565. The van der Waals surface area contributed by atoms with E-state index in [0.29, 0.717) is 55.8 Å². The summed E-state index contributed by atoms with van der Waals surface area (Å²) in [5, 5.41) is 11.2. The molecule has 1 aromatic heterocycles. The van der Waals surface area contributed by atoms with Gasteiger partial charge in [-0.25, -0.2) is 8.78 Å². The number of nitrogens with zero attached hydrogens (tertiary/aromatic N) is 2. The standard InChI is InChI=1S/C22H23F2N3O2/c23-17-5-1-2-7-19(17)26-10-12-27(13-11-26)20(28)9-8-16-14-15-4-3-6-18(24)21(15)22(29)25-16/h1-7,14,20,28H,8-13H2,(H,25,29). The van der Waals surface area contributed by atoms with Gasteiger partial charge in [0.25, 0.3) is 5.56 Å². The number of para-hydroxylation sites is 1. The van der Waals surface area contributed by atoms with Crippen LogP contribution in [-0.2, 0) is 6.42 Å². The van der Waals surface area contributed by atoms with Crippen LogP contribution in [0, 0.1) is 11.6 Å². The Balaban J connectivity index is 1.36. The van der Waals surface area contributed by atoms with E-state index in [1.165, 1.54) is 12.1 Å². The van der Waals surface area contributed by atoms with Gasteiger partial charge in [0.05, 0.1) is 11.1 Å². The highest BCUT2D eigenvalue weighted by atomic mass is 19.1. The van der Waals surface area contributed by atoms with Crippen molar-refractivity contribution in [2.24, 2.45) is 0 Å². The Hall–Kier alpha value is -2.77. The van der Waals surface area contributed by atoms with E-state index in [4.69, 9.17) is 0 Å². The van der Waals surface area contributed by atoms with E-state index in [9.17, 15) is 18.7 Å². The lowest BCUT2D eigenvalue weighted by Gasteiger charge is -2.38. The predicted molar refractivity (Wildman–Crippen MR) is 109 cm³/mol. The number of aromatic amines is 1. The smallest absolute Gasteiger partial charge is 0.258 e. The van der Waals surface area contributed by atoms with Gasteiger partial charge in [0.2, 0.25) is 0 Å². The first kappa shape index (κ1) is 19.5. The third kappa shape index (κ3) is 4.16. The van der Waals surface area contributed by atoms with E-state index in [1.807, 2.05) is 15.9 Å². The molecule has 1 unspecified atom stereocenters. The molecule has 152 valence electrons. The molecule has 3 aromatic rings. The van der Waals surface area contributed by atoms with Crippen molar-refractivity contribution in [3.8, 4) is 0 Å². The van der Waals surface area contributed by atoms with Crippen LogP contribution in [0.15, 0.2) is 53.3 Å². The maximum absolute atomic E-state index is 13.9. The summed E-state index contributed by atoms with van der Waals surface area (Å²) in [6.45, 7) is 2.50. The van der Waals surface area contributed by atoms with Crippen LogP contribution in [0.25, 0.3) is 10.8 Å². The van der Waals surface area contributed by atoms with E-state index < -0.39 is 17.6 Å². The Morgan fingerprint density at radius 2 is 1.72 bits per heavy atom. The van der Waals surface area contributed by atoms with Crippen LogP contribution < -0.4 is 10.5 Å². The molecule has 0 aliphatic carbocycles. The number of benzene rings is 2. The van der Waals surface area contributed by atoms with Crippen LogP contribution in [0.3, 0.4) is 0 Å². The molecule has 0 spiro atoms. The quantitative estimate of drug-likeness (QED) is 0.693. The number of piperazine rings is 1. The number of pyridine rings is 1. The number of halogens is 2. The molecule has 0 bridgehead atoms. The fraction of sp³-hybridized carbons (Fsp3) is 0.318. The van der Waals surface area contributed by atoms with E-state index in [2.05, 4.69) is 4.98 Å². The van der Waals surface area contributed by atoms with Crippen molar-refractivity contribution in [2.45, 2.75) is 19.1 Å². The van der Waals surface area contributed by atoms with E-state index in [1.54, 1.807) is 30.3 Å². The molecule has 2 N–H and O–H groups in total. The van der Waals surface area contributed by atoms with Crippen molar-refractivity contribution in [1.29, 1.82) is 0 Å². The number of H-pyrrole nitrogens is 1. The maximum Gasteiger partial charge on any atom is 0.258 e. The number of hydrogen-bond donors (Lipinski definition) is 2. The summed E-state index contributed by atoms with van der Waals surface area (Å²) in [7, 11) is 0. The fourth-order valence-electron chi connectivity index (χ4n) is 3.90. The number of nitrogens with one attached hydrogen (secondary N) is 1. The lowest BCUT2D eigenvalue weighted by atomic mass is 10.1. The van der Waals surface area contributed by atoms with Crippen molar-refractivity contribution in [3.63, 3.8) is 0 Å². The van der Waals surface area contributed by atoms with Crippen LogP contribution >= 0.6 is 0 Å². The third-order valence-electron chi connectivity index (χ3n) is 5.48. The minimum atomic E-state index is -0.663.